The maximum Gasteiger partial charge on any atom is 0.239 e. The van der Waals surface area contributed by atoms with Gasteiger partial charge in [-0.15, -0.1) is 0 Å². The van der Waals surface area contributed by atoms with E-state index in [9.17, 15) is 22.4 Å². The predicted octanol–water partition coefficient (Wildman–Crippen LogP) is 2.47. The van der Waals surface area contributed by atoms with E-state index in [0.29, 0.717) is 17.7 Å². The number of amides is 1. The average Bonchev–Trinajstić information content (AvgIpc) is 2.59. The molecule has 0 heterocycles. The number of carbonyl (C=O) groups excluding carboxylic acids is 2. The highest BCUT2D eigenvalue weighted by molar-refractivity contribution is 7.88. The lowest BCUT2D eigenvalue weighted by Gasteiger charge is -2.19. The molecule has 6 nitrogen and oxygen atoms in total. The minimum atomic E-state index is -3.61. The lowest BCUT2D eigenvalue weighted by Crippen LogP contribution is -2.38. The van der Waals surface area contributed by atoms with Gasteiger partial charge in [0.2, 0.25) is 15.9 Å². The van der Waals surface area contributed by atoms with Gasteiger partial charge in [0.25, 0.3) is 0 Å². The zero-order valence-electron chi connectivity index (χ0n) is 15.1. The Balaban J connectivity index is 2.02. The molecule has 0 bridgehead atoms. The van der Waals surface area contributed by atoms with Crippen LogP contribution in [-0.2, 0) is 21.2 Å². The molecule has 0 aliphatic rings. The van der Waals surface area contributed by atoms with Gasteiger partial charge in [-0.05, 0) is 43.2 Å². The van der Waals surface area contributed by atoms with Gasteiger partial charge in [-0.25, -0.2) is 12.8 Å². The van der Waals surface area contributed by atoms with Crippen LogP contribution < -0.4 is 5.32 Å². The standard InChI is InChI=1S/C19H21FN2O4S/c1-14(23)16-4-3-5-18(12-16)21-19(24)13-22(27(2,25)26)11-10-15-6-8-17(20)9-7-15/h3-9,12H,10-11,13H2,1-2H3,(H,21,24). The minimum Gasteiger partial charge on any atom is -0.325 e. The third-order valence-corrected chi connectivity index (χ3v) is 5.15. The fourth-order valence-electron chi connectivity index (χ4n) is 2.44. The Morgan fingerprint density at radius 2 is 1.78 bits per heavy atom. The van der Waals surface area contributed by atoms with Gasteiger partial charge in [0.05, 0.1) is 12.8 Å². The van der Waals surface area contributed by atoms with Gasteiger partial charge in [-0.3, -0.25) is 9.59 Å². The molecule has 0 fully saturated rings. The molecule has 0 aliphatic carbocycles. The van der Waals surface area contributed by atoms with Crippen LogP contribution in [0.2, 0.25) is 0 Å². The molecule has 2 aromatic rings. The van der Waals surface area contributed by atoms with Crippen LogP contribution in [0, 0.1) is 5.82 Å². The topological polar surface area (TPSA) is 83.6 Å². The van der Waals surface area contributed by atoms with Gasteiger partial charge in [0.1, 0.15) is 5.82 Å². The SMILES string of the molecule is CC(=O)c1cccc(NC(=O)CN(CCc2ccc(F)cc2)S(C)(=O)=O)c1. The van der Waals surface area contributed by atoms with E-state index in [1.165, 1.54) is 25.1 Å². The van der Waals surface area contributed by atoms with Crippen molar-refractivity contribution < 1.29 is 22.4 Å². The van der Waals surface area contributed by atoms with Crippen LogP contribution >= 0.6 is 0 Å². The lowest BCUT2D eigenvalue weighted by molar-refractivity contribution is -0.116. The third-order valence-electron chi connectivity index (χ3n) is 3.90. The van der Waals surface area contributed by atoms with Crippen LogP contribution in [0.3, 0.4) is 0 Å². The van der Waals surface area contributed by atoms with Crippen molar-refractivity contribution in [3.05, 3.63) is 65.5 Å². The fourth-order valence-corrected chi connectivity index (χ4v) is 3.22. The maximum absolute atomic E-state index is 13.0. The minimum absolute atomic E-state index is 0.0887. The molecular weight excluding hydrogens is 371 g/mol. The summed E-state index contributed by atoms with van der Waals surface area (Å²) in [5, 5.41) is 2.60. The first-order chi connectivity index (χ1) is 12.6. The van der Waals surface area contributed by atoms with Crippen LogP contribution in [0.4, 0.5) is 10.1 Å². The first kappa shape index (κ1) is 20.7. The molecule has 8 heteroatoms. The molecule has 0 saturated carbocycles. The maximum atomic E-state index is 13.0. The number of carbonyl (C=O) groups is 2. The molecular formula is C19H21FN2O4S. The molecule has 0 radical (unpaired) electrons. The van der Waals surface area contributed by atoms with E-state index in [1.54, 1.807) is 30.3 Å². The van der Waals surface area contributed by atoms with Gasteiger partial charge in [0.15, 0.2) is 5.78 Å². The molecule has 1 N–H and O–H groups in total. The number of rotatable bonds is 8. The Kier molecular flexibility index (Phi) is 6.81. The van der Waals surface area contributed by atoms with Crippen LogP contribution in [0.5, 0.6) is 0 Å². The number of ketones is 1. The molecule has 1 amide bonds. The molecule has 0 spiro atoms. The van der Waals surface area contributed by atoms with Gasteiger partial charge in [0, 0.05) is 17.8 Å². The Hall–Kier alpha value is -2.58. The summed E-state index contributed by atoms with van der Waals surface area (Å²) in [7, 11) is -3.61. The second-order valence-corrected chi connectivity index (χ2v) is 8.14. The molecule has 0 aliphatic heterocycles. The normalized spacial score (nSPS) is 11.4. The van der Waals surface area contributed by atoms with Crippen molar-refractivity contribution in [3.8, 4) is 0 Å². The van der Waals surface area contributed by atoms with Crippen molar-refractivity contribution in [1.82, 2.24) is 4.31 Å². The number of hydrogen-bond acceptors (Lipinski definition) is 4. The number of benzene rings is 2. The van der Waals surface area contributed by atoms with E-state index in [-0.39, 0.29) is 24.7 Å². The van der Waals surface area contributed by atoms with Gasteiger partial charge < -0.3 is 5.32 Å². The molecule has 0 unspecified atom stereocenters. The summed E-state index contributed by atoms with van der Waals surface area (Å²) in [6.45, 7) is 1.15. The summed E-state index contributed by atoms with van der Waals surface area (Å²) in [6, 6.07) is 12.2. The first-order valence-corrected chi connectivity index (χ1v) is 10.1. The number of nitrogens with one attached hydrogen (secondary N) is 1. The van der Waals surface area contributed by atoms with E-state index >= 15 is 0 Å². The van der Waals surface area contributed by atoms with E-state index in [0.717, 1.165) is 16.1 Å². The summed E-state index contributed by atoms with van der Waals surface area (Å²) in [6.07, 6.45) is 1.38. The fraction of sp³-hybridized carbons (Fsp3) is 0.263. The highest BCUT2D eigenvalue weighted by Gasteiger charge is 2.20. The summed E-state index contributed by atoms with van der Waals surface area (Å²) in [4.78, 5) is 23.7. The zero-order valence-corrected chi connectivity index (χ0v) is 15.9. The number of halogens is 1. The molecule has 144 valence electrons. The van der Waals surface area contributed by atoms with Crippen LogP contribution in [-0.4, -0.2) is 43.8 Å². The number of hydrogen-bond donors (Lipinski definition) is 1. The highest BCUT2D eigenvalue weighted by Crippen LogP contribution is 2.12. The van der Waals surface area contributed by atoms with Crippen molar-refractivity contribution >= 4 is 27.4 Å². The number of anilines is 1. The Bertz CT molecular complexity index is 927. The van der Waals surface area contributed by atoms with Crippen molar-refractivity contribution in [2.75, 3.05) is 24.7 Å². The Labute approximate surface area is 158 Å². The van der Waals surface area contributed by atoms with Crippen LogP contribution in [0.1, 0.15) is 22.8 Å². The Morgan fingerprint density at radius 1 is 1.11 bits per heavy atom. The second-order valence-electron chi connectivity index (χ2n) is 6.16. The van der Waals surface area contributed by atoms with Crippen molar-refractivity contribution in [2.24, 2.45) is 0 Å². The van der Waals surface area contributed by atoms with Crippen molar-refractivity contribution in [2.45, 2.75) is 13.3 Å². The molecule has 2 rings (SSSR count). The quantitative estimate of drug-likeness (QED) is 0.700. The number of nitrogens with zero attached hydrogens (tertiary/aromatic N) is 1. The number of Topliss-reactive ketones (excluding diaryl/α,β-unsaturated/α-hetero) is 1. The predicted molar refractivity (Wildman–Crippen MR) is 102 cm³/mol. The Morgan fingerprint density at radius 3 is 2.37 bits per heavy atom. The van der Waals surface area contributed by atoms with E-state index in [1.807, 2.05) is 0 Å². The molecule has 0 atom stereocenters. The summed E-state index contributed by atoms with van der Waals surface area (Å²) in [5.74, 6) is -1.02. The van der Waals surface area contributed by atoms with Crippen LogP contribution in [0.15, 0.2) is 48.5 Å². The highest BCUT2D eigenvalue weighted by atomic mass is 32.2. The van der Waals surface area contributed by atoms with E-state index in [4.69, 9.17) is 0 Å². The summed E-state index contributed by atoms with van der Waals surface area (Å²) < 4.78 is 38.0. The molecule has 0 saturated heterocycles. The zero-order chi connectivity index (χ0) is 20.0. The molecule has 2 aromatic carbocycles. The lowest BCUT2D eigenvalue weighted by atomic mass is 10.1. The van der Waals surface area contributed by atoms with E-state index < -0.39 is 15.9 Å². The van der Waals surface area contributed by atoms with Crippen molar-refractivity contribution in [3.63, 3.8) is 0 Å². The molecule has 27 heavy (non-hydrogen) atoms. The summed E-state index contributed by atoms with van der Waals surface area (Å²) >= 11 is 0. The first-order valence-electron chi connectivity index (χ1n) is 8.25. The largest absolute Gasteiger partial charge is 0.325 e. The van der Waals surface area contributed by atoms with Crippen molar-refractivity contribution in [1.29, 1.82) is 0 Å². The smallest absolute Gasteiger partial charge is 0.239 e. The van der Waals surface area contributed by atoms with E-state index in [2.05, 4.69) is 5.32 Å². The molecule has 0 aromatic heterocycles. The van der Waals surface area contributed by atoms with Gasteiger partial charge >= 0.3 is 0 Å². The monoisotopic (exact) mass is 392 g/mol. The summed E-state index contributed by atoms with van der Waals surface area (Å²) in [5.41, 5.74) is 1.63. The average molecular weight is 392 g/mol. The van der Waals surface area contributed by atoms with Crippen LogP contribution in [0.25, 0.3) is 0 Å². The van der Waals surface area contributed by atoms with Gasteiger partial charge in [-0.2, -0.15) is 4.31 Å². The number of sulfonamides is 1. The van der Waals surface area contributed by atoms with Gasteiger partial charge in [-0.1, -0.05) is 24.3 Å². The second kappa shape index (κ2) is 8.88. The third kappa shape index (κ3) is 6.58.